The lowest BCUT2D eigenvalue weighted by Gasteiger charge is -2.09. The Morgan fingerprint density at radius 3 is 2.42 bits per heavy atom. The number of amides is 2. The minimum absolute atomic E-state index is 0.115. The molecule has 0 saturated carbocycles. The van der Waals surface area contributed by atoms with Gasteiger partial charge in [0, 0.05) is 11.4 Å². The van der Waals surface area contributed by atoms with E-state index in [0.29, 0.717) is 16.9 Å². The molecule has 0 aliphatic carbocycles. The lowest BCUT2D eigenvalue weighted by molar-refractivity contribution is -0.117. The maximum absolute atomic E-state index is 12.6. The fourth-order valence-electron chi connectivity index (χ4n) is 3.00. The van der Waals surface area contributed by atoms with Gasteiger partial charge in [-0.2, -0.15) is 0 Å². The summed E-state index contributed by atoms with van der Waals surface area (Å²) in [5.74, 6) is -1.19. The first-order valence-corrected chi connectivity index (χ1v) is 9.70. The van der Waals surface area contributed by atoms with Crippen molar-refractivity contribution in [1.29, 1.82) is 0 Å². The number of anilines is 2. The van der Waals surface area contributed by atoms with Gasteiger partial charge in [0.05, 0.1) is 18.4 Å². The predicted octanol–water partition coefficient (Wildman–Crippen LogP) is 2.83. The Bertz CT molecular complexity index is 1110. The highest BCUT2D eigenvalue weighted by Gasteiger charge is 2.19. The van der Waals surface area contributed by atoms with Gasteiger partial charge >= 0.3 is 5.97 Å². The molecule has 0 spiro atoms. The van der Waals surface area contributed by atoms with Crippen LogP contribution in [0.25, 0.3) is 0 Å². The summed E-state index contributed by atoms with van der Waals surface area (Å²) < 4.78 is 6.00. The number of benzene rings is 2. The third kappa shape index (κ3) is 5.13. The summed E-state index contributed by atoms with van der Waals surface area (Å²) in [7, 11) is 1.30. The van der Waals surface area contributed by atoms with E-state index >= 15 is 0 Å². The second-order valence-electron chi connectivity index (χ2n) is 6.76. The Morgan fingerprint density at radius 2 is 1.74 bits per heavy atom. The van der Waals surface area contributed by atoms with Crippen molar-refractivity contribution in [1.82, 2.24) is 15.0 Å². The van der Waals surface area contributed by atoms with Crippen LogP contribution in [0.2, 0.25) is 0 Å². The van der Waals surface area contributed by atoms with E-state index < -0.39 is 5.97 Å². The third-order valence-corrected chi connectivity index (χ3v) is 4.73. The zero-order valence-electron chi connectivity index (χ0n) is 17.5. The SMILES string of the molecule is CCc1ccccc1NC(=O)c1nnn(CC(=O)Nc2ccc(C(=O)OC)cc2)c1C. The van der Waals surface area contributed by atoms with E-state index in [1.54, 1.807) is 31.2 Å². The van der Waals surface area contributed by atoms with Gasteiger partial charge in [0.2, 0.25) is 5.91 Å². The summed E-state index contributed by atoms with van der Waals surface area (Å²) in [6.07, 6.45) is 0.781. The van der Waals surface area contributed by atoms with E-state index in [4.69, 9.17) is 0 Å². The zero-order valence-corrected chi connectivity index (χ0v) is 17.5. The van der Waals surface area contributed by atoms with Crippen molar-refractivity contribution in [2.24, 2.45) is 0 Å². The number of nitrogens with zero attached hydrogens (tertiary/aromatic N) is 3. The minimum atomic E-state index is -0.455. The molecule has 0 bridgehead atoms. The van der Waals surface area contributed by atoms with Crippen molar-refractivity contribution in [3.05, 3.63) is 71.0 Å². The molecular formula is C22H23N5O4. The van der Waals surface area contributed by atoms with Crippen molar-refractivity contribution in [2.45, 2.75) is 26.8 Å². The van der Waals surface area contributed by atoms with Crippen LogP contribution in [0.15, 0.2) is 48.5 Å². The molecule has 2 N–H and O–H groups in total. The maximum atomic E-state index is 12.6. The Balaban J connectivity index is 1.65. The van der Waals surface area contributed by atoms with Crippen LogP contribution in [-0.4, -0.2) is 39.9 Å². The number of para-hydroxylation sites is 1. The molecule has 1 heterocycles. The number of esters is 1. The third-order valence-electron chi connectivity index (χ3n) is 4.73. The van der Waals surface area contributed by atoms with Crippen molar-refractivity contribution in [3.63, 3.8) is 0 Å². The maximum Gasteiger partial charge on any atom is 0.337 e. The molecule has 3 aromatic rings. The van der Waals surface area contributed by atoms with Crippen LogP contribution in [0.3, 0.4) is 0 Å². The van der Waals surface area contributed by atoms with E-state index in [9.17, 15) is 14.4 Å². The van der Waals surface area contributed by atoms with E-state index in [0.717, 1.165) is 17.7 Å². The number of methoxy groups -OCH3 is 1. The van der Waals surface area contributed by atoms with Crippen LogP contribution in [0.4, 0.5) is 11.4 Å². The van der Waals surface area contributed by atoms with Crippen molar-refractivity contribution in [3.8, 4) is 0 Å². The number of aryl methyl sites for hydroxylation is 1. The molecular weight excluding hydrogens is 398 g/mol. The van der Waals surface area contributed by atoms with E-state index in [-0.39, 0.29) is 24.1 Å². The fourth-order valence-corrected chi connectivity index (χ4v) is 3.00. The van der Waals surface area contributed by atoms with Gasteiger partial charge in [0.25, 0.3) is 5.91 Å². The number of hydrogen-bond acceptors (Lipinski definition) is 6. The summed E-state index contributed by atoms with van der Waals surface area (Å²) in [5, 5.41) is 13.4. The van der Waals surface area contributed by atoms with Crippen molar-refractivity contribution in [2.75, 3.05) is 17.7 Å². The highest BCUT2D eigenvalue weighted by molar-refractivity contribution is 6.04. The van der Waals surface area contributed by atoms with Crippen LogP contribution >= 0.6 is 0 Å². The zero-order chi connectivity index (χ0) is 22.4. The molecule has 160 valence electrons. The largest absolute Gasteiger partial charge is 0.465 e. The summed E-state index contributed by atoms with van der Waals surface area (Å²) >= 11 is 0. The standard InChI is InChI=1S/C22H23N5O4/c1-4-15-7-5-6-8-18(15)24-21(29)20-14(2)27(26-25-20)13-19(28)23-17-11-9-16(10-12-17)22(30)31-3/h5-12H,4,13H2,1-3H3,(H,23,28)(H,24,29). The first kappa shape index (κ1) is 21.7. The second kappa shape index (κ2) is 9.66. The lowest BCUT2D eigenvalue weighted by Crippen LogP contribution is -2.21. The summed E-state index contributed by atoms with van der Waals surface area (Å²) in [5.41, 5.74) is 3.26. The highest BCUT2D eigenvalue weighted by Crippen LogP contribution is 2.17. The number of hydrogen-bond donors (Lipinski definition) is 2. The van der Waals surface area contributed by atoms with E-state index in [2.05, 4.69) is 25.7 Å². The van der Waals surface area contributed by atoms with Gasteiger partial charge in [0.1, 0.15) is 6.54 Å². The lowest BCUT2D eigenvalue weighted by atomic mass is 10.1. The van der Waals surface area contributed by atoms with Crippen molar-refractivity contribution >= 4 is 29.2 Å². The van der Waals surface area contributed by atoms with E-state index in [1.807, 2.05) is 31.2 Å². The van der Waals surface area contributed by atoms with Crippen LogP contribution in [-0.2, 0) is 22.5 Å². The van der Waals surface area contributed by atoms with Crippen LogP contribution in [0.1, 0.15) is 39.0 Å². The summed E-state index contributed by atoms with van der Waals surface area (Å²) in [4.78, 5) is 36.5. The van der Waals surface area contributed by atoms with Gasteiger partial charge in [-0.05, 0) is 49.2 Å². The molecule has 2 amide bonds. The normalized spacial score (nSPS) is 10.4. The molecule has 9 heteroatoms. The number of carbonyl (C=O) groups excluding carboxylic acids is 3. The molecule has 2 aromatic carbocycles. The Morgan fingerprint density at radius 1 is 1.03 bits per heavy atom. The molecule has 0 atom stereocenters. The van der Waals surface area contributed by atoms with Crippen LogP contribution in [0, 0.1) is 6.92 Å². The minimum Gasteiger partial charge on any atom is -0.465 e. The molecule has 1 aromatic heterocycles. The predicted molar refractivity (Wildman–Crippen MR) is 115 cm³/mol. The van der Waals surface area contributed by atoms with Crippen molar-refractivity contribution < 1.29 is 19.1 Å². The van der Waals surface area contributed by atoms with Gasteiger partial charge in [-0.1, -0.05) is 30.3 Å². The average Bonchev–Trinajstić information content (AvgIpc) is 3.14. The molecule has 31 heavy (non-hydrogen) atoms. The molecule has 0 unspecified atom stereocenters. The van der Waals surface area contributed by atoms with Gasteiger partial charge in [0.15, 0.2) is 5.69 Å². The fraction of sp³-hybridized carbons (Fsp3) is 0.227. The molecule has 0 aliphatic heterocycles. The first-order valence-electron chi connectivity index (χ1n) is 9.70. The summed E-state index contributed by atoms with van der Waals surface area (Å²) in [6.45, 7) is 3.57. The van der Waals surface area contributed by atoms with Crippen LogP contribution < -0.4 is 10.6 Å². The second-order valence-corrected chi connectivity index (χ2v) is 6.76. The average molecular weight is 421 g/mol. The van der Waals surface area contributed by atoms with E-state index in [1.165, 1.54) is 11.8 Å². The Labute approximate surface area is 179 Å². The van der Waals surface area contributed by atoms with Gasteiger partial charge in [-0.25, -0.2) is 9.48 Å². The Kier molecular flexibility index (Phi) is 6.76. The quantitative estimate of drug-likeness (QED) is 0.567. The number of rotatable bonds is 7. The summed E-state index contributed by atoms with van der Waals surface area (Å²) in [6, 6.07) is 13.8. The molecule has 3 rings (SSSR count). The first-order chi connectivity index (χ1) is 14.9. The van der Waals surface area contributed by atoms with Gasteiger partial charge in [-0.15, -0.1) is 5.10 Å². The molecule has 0 aliphatic rings. The molecule has 9 nitrogen and oxygen atoms in total. The van der Waals surface area contributed by atoms with Gasteiger partial charge in [-0.3, -0.25) is 9.59 Å². The van der Waals surface area contributed by atoms with Gasteiger partial charge < -0.3 is 15.4 Å². The molecule has 0 saturated heterocycles. The molecule has 0 fully saturated rings. The molecule has 0 radical (unpaired) electrons. The number of carbonyl (C=O) groups is 3. The smallest absolute Gasteiger partial charge is 0.337 e. The van der Waals surface area contributed by atoms with Crippen LogP contribution in [0.5, 0.6) is 0 Å². The Hall–Kier alpha value is -4.01. The number of ether oxygens (including phenoxy) is 1. The number of aromatic nitrogens is 3. The topological polar surface area (TPSA) is 115 Å². The highest BCUT2D eigenvalue weighted by atomic mass is 16.5. The monoisotopic (exact) mass is 421 g/mol. The number of nitrogens with one attached hydrogen (secondary N) is 2.